The lowest BCUT2D eigenvalue weighted by Gasteiger charge is -2.06. The molecule has 2 heterocycles. The summed E-state index contributed by atoms with van der Waals surface area (Å²) in [7, 11) is 0. The Balaban J connectivity index is 1.80. The summed E-state index contributed by atoms with van der Waals surface area (Å²) < 4.78 is 36.7. The molecule has 0 bridgehead atoms. The number of nitrogens with one attached hydrogen (secondary N) is 1. The van der Waals surface area contributed by atoms with Gasteiger partial charge in [0, 0.05) is 17.1 Å². The van der Waals surface area contributed by atoms with Gasteiger partial charge in [-0.15, -0.1) is 17.9 Å². The van der Waals surface area contributed by atoms with Crippen LogP contribution in [0.5, 0.6) is 11.5 Å². The van der Waals surface area contributed by atoms with Gasteiger partial charge in [-0.1, -0.05) is 17.8 Å². The number of hydrogen-bond acceptors (Lipinski definition) is 9. The van der Waals surface area contributed by atoms with Crippen LogP contribution in [-0.2, 0) is 11.3 Å². The van der Waals surface area contributed by atoms with Gasteiger partial charge in [0.25, 0.3) is 22.9 Å². The number of aromatic nitrogens is 1. The van der Waals surface area contributed by atoms with E-state index in [2.05, 4.69) is 11.9 Å². The van der Waals surface area contributed by atoms with E-state index in [9.17, 15) is 33.7 Å². The van der Waals surface area contributed by atoms with Gasteiger partial charge >= 0.3 is 0 Å². The summed E-state index contributed by atoms with van der Waals surface area (Å²) >= 11 is 1.15. The van der Waals surface area contributed by atoms with Crippen molar-refractivity contribution < 1.29 is 28.0 Å². The van der Waals surface area contributed by atoms with Crippen LogP contribution >= 0.6 is 23.1 Å². The Labute approximate surface area is 220 Å². The smallest absolute Gasteiger partial charge is 0.288 e. The van der Waals surface area contributed by atoms with Crippen LogP contribution in [0.25, 0.3) is 11.6 Å². The topological polar surface area (TPSA) is 136 Å². The second-order valence-electron chi connectivity index (χ2n) is 7.49. The van der Waals surface area contributed by atoms with E-state index in [1.807, 2.05) is 0 Å². The van der Waals surface area contributed by atoms with E-state index in [4.69, 9.17) is 9.47 Å². The molecule has 0 fully saturated rings. The normalized spacial score (nSPS) is 13.3. The zero-order valence-corrected chi connectivity index (χ0v) is 20.8. The van der Waals surface area contributed by atoms with Crippen LogP contribution in [0, 0.1) is 21.4 Å². The predicted octanol–water partition coefficient (Wildman–Crippen LogP) is 3.19. The molecule has 10 nitrogen and oxygen atoms in total. The number of nitrogens with zero attached hydrogens (tertiary/aromatic N) is 3. The Kier molecular flexibility index (Phi) is 7.89. The van der Waals surface area contributed by atoms with Crippen molar-refractivity contribution in [3.8, 4) is 17.6 Å². The molecule has 194 valence electrons. The first kappa shape index (κ1) is 26.6. The van der Waals surface area contributed by atoms with Gasteiger partial charge in [0.05, 0.1) is 21.1 Å². The van der Waals surface area contributed by atoms with Crippen molar-refractivity contribution in [3.63, 3.8) is 0 Å². The molecule has 0 saturated heterocycles. The van der Waals surface area contributed by atoms with Crippen molar-refractivity contribution in [3.05, 3.63) is 84.3 Å². The zero-order valence-electron chi connectivity index (χ0n) is 19.2. The fourth-order valence-electron chi connectivity index (χ4n) is 3.47. The van der Waals surface area contributed by atoms with Gasteiger partial charge in [-0.2, -0.15) is 14.0 Å². The highest BCUT2D eigenvalue weighted by atomic mass is 32.2. The number of thioether (sulfide) groups is 1. The minimum atomic E-state index is -2.60. The third-order valence-electron chi connectivity index (χ3n) is 5.11. The largest absolute Gasteiger partial charge is 0.454 e. The van der Waals surface area contributed by atoms with E-state index >= 15 is 0 Å². The maximum absolute atomic E-state index is 13.2. The third kappa shape index (κ3) is 5.58. The maximum atomic E-state index is 13.2. The van der Waals surface area contributed by atoms with Crippen LogP contribution in [0.1, 0.15) is 5.56 Å². The summed E-state index contributed by atoms with van der Waals surface area (Å²) in [6, 6.07) is 9.95. The van der Waals surface area contributed by atoms with Crippen LogP contribution in [0.4, 0.5) is 20.2 Å². The number of allylic oxidation sites excluding steroid dienone is 1. The fourth-order valence-corrected chi connectivity index (χ4v) is 5.07. The van der Waals surface area contributed by atoms with Crippen molar-refractivity contribution in [2.45, 2.75) is 17.2 Å². The van der Waals surface area contributed by atoms with E-state index in [0.29, 0.717) is 16.7 Å². The molecule has 0 spiro atoms. The number of thiazole rings is 1. The highest BCUT2D eigenvalue weighted by molar-refractivity contribution is 7.99. The number of halogens is 2. The second kappa shape index (κ2) is 11.3. The number of rotatable bonds is 8. The number of hydrogen-bond donors (Lipinski definition) is 1. The Morgan fingerprint density at radius 3 is 2.61 bits per heavy atom. The Bertz CT molecular complexity index is 1660. The van der Waals surface area contributed by atoms with Gasteiger partial charge in [0.15, 0.2) is 17.1 Å². The van der Waals surface area contributed by atoms with Gasteiger partial charge in [0.2, 0.25) is 6.79 Å². The highest BCUT2D eigenvalue weighted by Crippen LogP contribution is 2.38. The number of benzene rings is 2. The van der Waals surface area contributed by atoms with E-state index in [1.165, 1.54) is 48.6 Å². The number of nitro benzene ring substituents is 1. The van der Waals surface area contributed by atoms with Gasteiger partial charge in [0.1, 0.15) is 10.7 Å². The number of carbonyl (C=O) groups is 1. The highest BCUT2D eigenvalue weighted by Gasteiger charge is 2.23. The molecule has 1 amide bonds. The lowest BCUT2D eigenvalue weighted by atomic mass is 10.1. The average molecular weight is 559 g/mol. The van der Waals surface area contributed by atoms with E-state index in [1.54, 1.807) is 6.07 Å². The summed E-state index contributed by atoms with van der Waals surface area (Å²) in [5.41, 5.74) is -0.988. The lowest BCUT2D eigenvalue weighted by molar-refractivity contribution is -0.385. The molecule has 38 heavy (non-hydrogen) atoms. The number of carbonyl (C=O) groups excluding carboxylic acids is 1. The summed E-state index contributed by atoms with van der Waals surface area (Å²) in [5, 5.41) is 23.9. The van der Waals surface area contributed by atoms with Gasteiger partial charge in [-0.3, -0.25) is 24.3 Å². The molecule has 3 aromatic rings. The molecule has 1 aliphatic rings. The number of ether oxygens (including phenoxy) is 2. The molecular weight excluding hydrogens is 542 g/mol. The third-order valence-corrected chi connectivity index (χ3v) is 6.97. The van der Waals surface area contributed by atoms with Crippen LogP contribution in [-0.4, -0.2) is 27.9 Å². The van der Waals surface area contributed by atoms with Crippen LogP contribution in [0.3, 0.4) is 0 Å². The Morgan fingerprint density at radius 2 is 2.00 bits per heavy atom. The van der Waals surface area contributed by atoms with E-state index < -0.39 is 22.1 Å². The molecule has 0 saturated carbocycles. The average Bonchev–Trinajstić information content (AvgIpc) is 3.45. The number of nitriles is 1. The van der Waals surface area contributed by atoms with Crippen molar-refractivity contribution in [1.82, 2.24) is 4.57 Å². The number of alkyl halides is 2. The predicted molar refractivity (Wildman–Crippen MR) is 137 cm³/mol. The number of nitro groups is 1. The maximum Gasteiger partial charge on any atom is 0.288 e. The zero-order chi connectivity index (χ0) is 27.4. The molecule has 1 aliphatic heterocycles. The van der Waals surface area contributed by atoms with Crippen LogP contribution < -0.4 is 29.5 Å². The van der Waals surface area contributed by atoms with Crippen LogP contribution in [0.2, 0.25) is 0 Å². The number of anilines is 1. The molecule has 14 heteroatoms. The summed E-state index contributed by atoms with van der Waals surface area (Å²) in [6.45, 7) is 3.46. The van der Waals surface area contributed by atoms with Crippen molar-refractivity contribution >= 4 is 52.0 Å². The Morgan fingerprint density at radius 1 is 1.32 bits per heavy atom. The summed E-state index contributed by atoms with van der Waals surface area (Å²) in [6.07, 6.45) is 2.68. The lowest BCUT2D eigenvalue weighted by Crippen LogP contribution is -2.33. The number of fused-ring (bicyclic) bond motifs is 1. The van der Waals surface area contributed by atoms with Crippen LogP contribution in [0.15, 0.2) is 58.7 Å². The summed E-state index contributed by atoms with van der Waals surface area (Å²) in [5.74, 6) is -2.96. The molecule has 0 radical (unpaired) electrons. The fraction of sp³-hybridized carbons (Fsp3) is 0.125. The van der Waals surface area contributed by atoms with Crippen molar-refractivity contribution in [1.29, 1.82) is 5.26 Å². The van der Waals surface area contributed by atoms with E-state index in [-0.39, 0.29) is 56.5 Å². The molecule has 0 atom stereocenters. The molecule has 0 aliphatic carbocycles. The molecule has 0 unspecified atom stereocenters. The standard InChI is InChI=1S/C24H16F2N4O6S2/c1-2-7-29-22(32)20(9-13-8-18-19(36-12-35-18)10-17(13)30(33)34)38-23(29)16(11-27)21(31)28-14-3-5-15(6-4-14)37-24(25)26/h2-6,8-10,24H,1,7,12H2,(H,28,31)/b20-9-,23-16-. The molecule has 4 rings (SSSR count). The minimum absolute atomic E-state index is 0.00872. The first-order valence-corrected chi connectivity index (χ1v) is 12.3. The van der Waals surface area contributed by atoms with Gasteiger partial charge in [-0.25, -0.2) is 0 Å². The quantitative estimate of drug-likeness (QED) is 0.193. The minimum Gasteiger partial charge on any atom is -0.454 e. The van der Waals surface area contributed by atoms with Gasteiger partial charge < -0.3 is 14.8 Å². The van der Waals surface area contributed by atoms with E-state index in [0.717, 1.165) is 15.9 Å². The molecule has 1 N–H and O–H groups in total. The van der Waals surface area contributed by atoms with Crippen molar-refractivity contribution in [2.75, 3.05) is 12.1 Å². The monoisotopic (exact) mass is 558 g/mol. The van der Waals surface area contributed by atoms with Gasteiger partial charge in [-0.05, 0) is 36.4 Å². The SMILES string of the molecule is C=CCn1c(=O)/c(=C/c2cc3c(cc2[N+](=O)[O-])OCO3)s/c1=C(/C#N)C(=O)Nc1ccc(SC(F)F)cc1. The Hall–Kier alpha value is -4.48. The first-order valence-electron chi connectivity index (χ1n) is 10.6. The molecular formula is C24H16F2N4O6S2. The number of amides is 1. The van der Waals surface area contributed by atoms with Crippen molar-refractivity contribution in [2.24, 2.45) is 0 Å². The molecule has 2 aromatic carbocycles. The second-order valence-corrected chi connectivity index (χ2v) is 9.58. The molecule has 1 aromatic heterocycles. The first-order chi connectivity index (χ1) is 18.2. The summed E-state index contributed by atoms with van der Waals surface area (Å²) in [4.78, 5) is 37.4.